The Morgan fingerprint density at radius 1 is 1.58 bits per heavy atom. The Kier molecular flexibility index (Phi) is 6.59. The van der Waals surface area contributed by atoms with Crippen molar-refractivity contribution < 1.29 is 19.4 Å². The number of rotatable bonds is 9. The zero-order valence-electron chi connectivity index (χ0n) is 10.9. The first-order valence-electron chi connectivity index (χ1n) is 6.20. The molecule has 0 aliphatic carbocycles. The molecule has 7 nitrogen and oxygen atoms in total. The van der Waals surface area contributed by atoms with Gasteiger partial charge in [0.25, 0.3) is 0 Å². The molecule has 0 fully saturated rings. The largest absolute Gasteiger partial charge is 0.480 e. The lowest BCUT2D eigenvalue weighted by Crippen LogP contribution is -2.42. The number of aromatic amines is 1. The van der Waals surface area contributed by atoms with Crippen LogP contribution in [0.15, 0.2) is 12.5 Å². The highest BCUT2D eigenvalue weighted by Gasteiger charge is 2.20. The maximum absolute atomic E-state index is 11.6. The Hall–Kier alpha value is -1.89. The number of H-pyrrole nitrogens is 1. The number of carbonyl (C=O) groups is 2. The van der Waals surface area contributed by atoms with Crippen LogP contribution in [0.3, 0.4) is 0 Å². The van der Waals surface area contributed by atoms with Crippen molar-refractivity contribution >= 4 is 11.9 Å². The van der Waals surface area contributed by atoms with Crippen molar-refractivity contribution in [3.05, 3.63) is 18.2 Å². The summed E-state index contributed by atoms with van der Waals surface area (Å²) in [6.07, 6.45) is 4.03. The van der Waals surface area contributed by atoms with Gasteiger partial charge in [-0.2, -0.15) is 0 Å². The summed E-state index contributed by atoms with van der Waals surface area (Å²) >= 11 is 0. The average molecular weight is 269 g/mol. The Balaban J connectivity index is 2.36. The molecule has 1 unspecified atom stereocenters. The minimum Gasteiger partial charge on any atom is -0.480 e. The first-order chi connectivity index (χ1) is 9.13. The number of hydrogen-bond acceptors (Lipinski definition) is 4. The van der Waals surface area contributed by atoms with Gasteiger partial charge < -0.3 is 20.1 Å². The molecular weight excluding hydrogens is 250 g/mol. The van der Waals surface area contributed by atoms with E-state index in [9.17, 15) is 9.59 Å². The average Bonchev–Trinajstić information content (AvgIpc) is 2.86. The fourth-order valence-electron chi connectivity index (χ4n) is 1.56. The minimum atomic E-state index is -1.06. The topological polar surface area (TPSA) is 104 Å². The molecule has 0 aromatic carbocycles. The van der Waals surface area contributed by atoms with Gasteiger partial charge in [-0.05, 0) is 13.3 Å². The molecule has 3 N–H and O–H groups in total. The number of nitrogens with zero attached hydrogens (tertiary/aromatic N) is 1. The predicted octanol–water partition coefficient (Wildman–Crippen LogP) is 0.338. The van der Waals surface area contributed by atoms with Crippen molar-refractivity contribution in [3.8, 4) is 0 Å². The highest BCUT2D eigenvalue weighted by molar-refractivity contribution is 5.83. The van der Waals surface area contributed by atoms with Gasteiger partial charge in [-0.1, -0.05) is 0 Å². The zero-order chi connectivity index (χ0) is 14.1. The van der Waals surface area contributed by atoms with E-state index >= 15 is 0 Å². The van der Waals surface area contributed by atoms with Gasteiger partial charge in [0.05, 0.1) is 6.33 Å². The summed E-state index contributed by atoms with van der Waals surface area (Å²) in [5.74, 6) is -1.35. The van der Waals surface area contributed by atoms with E-state index in [4.69, 9.17) is 9.84 Å². The van der Waals surface area contributed by atoms with Gasteiger partial charge in [0.2, 0.25) is 5.91 Å². The summed E-state index contributed by atoms with van der Waals surface area (Å²) in [5, 5.41) is 11.5. The van der Waals surface area contributed by atoms with Crippen LogP contribution in [0.5, 0.6) is 0 Å². The zero-order valence-corrected chi connectivity index (χ0v) is 10.9. The van der Waals surface area contributed by atoms with E-state index in [0.717, 1.165) is 0 Å². The van der Waals surface area contributed by atoms with Crippen LogP contribution in [0.4, 0.5) is 0 Å². The molecule has 0 aliphatic rings. The smallest absolute Gasteiger partial charge is 0.326 e. The van der Waals surface area contributed by atoms with Crippen LogP contribution >= 0.6 is 0 Å². The van der Waals surface area contributed by atoms with Crippen molar-refractivity contribution in [2.24, 2.45) is 0 Å². The van der Waals surface area contributed by atoms with Crippen LogP contribution in [-0.2, 0) is 20.7 Å². The third-order valence-corrected chi connectivity index (χ3v) is 2.51. The van der Waals surface area contributed by atoms with Crippen LogP contribution < -0.4 is 5.32 Å². The molecule has 0 radical (unpaired) electrons. The molecule has 106 valence electrons. The lowest BCUT2D eigenvalue weighted by atomic mass is 10.1. The number of ether oxygens (including phenoxy) is 1. The maximum atomic E-state index is 11.6. The van der Waals surface area contributed by atoms with Crippen molar-refractivity contribution in [2.75, 3.05) is 13.2 Å². The van der Waals surface area contributed by atoms with Gasteiger partial charge >= 0.3 is 5.97 Å². The van der Waals surface area contributed by atoms with Gasteiger partial charge in [0.15, 0.2) is 0 Å². The predicted molar refractivity (Wildman–Crippen MR) is 67.6 cm³/mol. The molecule has 1 atom stereocenters. The monoisotopic (exact) mass is 269 g/mol. The minimum absolute atomic E-state index is 0.187. The van der Waals surface area contributed by atoms with Crippen LogP contribution in [0.2, 0.25) is 0 Å². The molecule has 0 saturated heterocycles. The summed E-state index contributed by atoms with van der Waals surface area (Å²) in [6, 6.07) is -0.944. The van der Waals surface area contributed by atoms with Crippen molar-refractivity contribution in [1.82, 2.24) is 15.3 Å². The lowest BCUT2D eigenvalue weighted by molar-refractivity contribution is -0.141. The molecule has 1 rings (SSSR count). The van der Waals surface area contributed by atoms with Crippen LogP contribution in [0, 0.1) is 0 Å². The summed E-state index contributed by atoms with van der Waals surface area (Å²) < 4.78 is 5.11. The molecule has 1 heterocycles. The Labute approximate surface area is 111 Å². The number of aromatic nitrogens is 2. The summed E-state index contributed by atoms with van der Waals surface area (Å²) in [4.78, 5) is 29.3. The summed E-state index contributed by atoms with van der Waals surface area (Å²) in [6.45, 7) is 2.99. The van der Waals surface area contributed by atoms with Gasteiger partial charge in [-0.3, -0.25) is 4.79 Å². The van der Waals surface area contributed by atoms with E-state index in [1.165, 1.54) is 12.5 Å². The molecule has 0 spiro atoms. The third-order valence-electron chi connectivity index (χ3n) is 2.51. The summed E-state index contributed by atoms with van der Waals surface area (Å²) in [5.41, 5.74) is 0.669. The molecular formula is C12H19N3O4. The number of carbonyl (C=O) groups excluding carboxylic acids is 1. The SMILES string of the molecule is CCOCCCC(=O)NC(Cc1cnc[nH]1)C(=O)O. The highest BCUT2D eigenvalue weighted by Crippen LogP contribution is 2.00. The Morgan fingerprint density at radius 3 is 2.95 bits per heavy atom. The maximum Gasteiger partial charge on any atom is 0.326 e. The van der Waals surface area contributed by atoms with Crippen molar-refractivity contribution in [1.29, 1.82) is 0 Å². The van der Waals surface area contributed by atoms with Gasteiger partial charge in [0, 0.05) is 37.9 Å². The second-order valence-electron chi connectivity index (χ2n) is 4.04. The van der Waals surface area contributed by atoms with Crippen LogP contribution in [0.1, 0.15) is 25.5 Å². The number of imidazole rings is 1. The fourth-order valence-corrected chi connectivity index (χ4v) is 1.56. The molecule has 1 aromatic heterocycles. The van der Waals surface area contributed by atoms with E-state index in [1.807, 2.05) is 6.92 Å². The van der Waals surface area contributed by atoms with Gasteiger partial charge in [-0.25, -0.2) is 9.78 Å². The Morgan fingerprint density at radius 2 is 2.37 bits per heavy atom. The number of aliphatic carboxylic acids is 1. The quantitative estimate of drug-likeness (QED) is 0.561. The lowest BCUT2D eigenvalue weighted by Gasteiger charge is -2.13. The number of carboxylic acids is 1. The third kappa shape index (κ3) is 6.01. The van der Waals surface area contributed by atoms with E-state index in [-0.39, 0.29) is 18.7 Å². The molecule has 19 heavy (non-hydrogen) atoms. The van der Waals surface area contributed by atoms with Gasteiger partial charge in [-0.15, -0.1) is 0 Å². The number of carboxylic acid groups (broad SMARTS) is 1. The first-order valence-corrected chi connectivity index (χ1v) is 6.20. The normalized spacial score (nSPS) is 12.1. The number of hydrogen-bond donors (Lipinski definition) is 3. The standard InChI is InChI=1S/C12H19N3O4/c1-2-19-5-3-4-11(16)15-10(12(17)18)6-9-7-13-8-14-9/h7-8,10H,2-6H2,1H3,(H,13,14)(H,15,16)(H,17,18). The van der Waals surface area contributed by atoms with E-state index in [1.54, 1.807) is 0 Å². The van der Waals surface area contributed by atoms with Gasteiger partial charge in [0.1, 0.15) is 6.04 Å². The number of nitrogens with one attached hydrogen (secondary N) is 2. The molecule has 0 aliphatic heterocycles. The molecule has 1 aromatic rings. The van der Waals surface area contributed by atoms with Crippen molar-refractivity contribution in [2.45, 2.75) is 32.2 Å². The molecule has 0 bridgehead atoms. The second-order valence-corrected chi connectivity index (χ2v) is 4.04. The summed E-state index contributed by atoms with van der Waals surface area (Å²) in [7, 11) is 0. The fraction of sp³-hybridized carbons (Fsp3) is 0.583. The second kappa shape index (κ2) is 8.25. The van der Waals surface area contributed by atoms with Crippen molar-refractivity contribution in [3.63, 3.8) is 0 Å². The number of amides is 1. The first kappa shape index (κ1) is 15.2. The van der Waals surface area contributed by atoms with E-state index in [2.05, 4.69) is 15.3 Å². The molecule has 1 amide bonds. The highest BCUT2D eigenvalue weighted by atomic mass is 16.5. The molecule has 7 heteroatoms. The Bertz CT molecular complexity index is 392. The van der Waals surface area contributed by atoms with E-state index in [0.29, 0.717) is 25.3 Å². The van der Waals surface area contributed by atoms with Crippen LogP contribution in [0.25, 0.3) is 0 Å². The van der Waals surface area contributed by atoms with Crippen LogP contribution in [-0.4, -0.2) is 46.2 Å². The van der Waals surface area contributed by atoms with E-state index < -0.39 is 12.0 Å². The molecule has 0 saturated carbocycles.